The second-order valence-electron chi connectivity index (χ2n) is 2.76. The van der Waals surface area contributed by atoms with Crippen LogP contribution in [0, 0.1) is 12.8 Å². The van der Waals surface area contributed by atoms with E-state index in [1.165, 1.54) is 6.92 Å². The maximum absolute atomic E-state index is 10.4. The topological polar surface area (TPSA) is 26.3 Å². The summed E-state index contributed by atoms with van der Waals surface area (Å²) >= 11 is 0. The first-order valence-corrected chi connectivity index (χ1v) is 3.52. The summed E-state index contributed by atoms with van der Waals surface area (Å²) in [6.45, 7) is 9.09. The van der Waals surface area contributed by atoms with Gasteiger partial charge in [0.2, 0.25) is 0 Å². The summed E-state index contributed by atoms with van der Waals surface area (Å²) < 4.78 is 4.88. The van der Waals surface area contributed by atoms with E-state index in [4.69, 9.17) is 4.74 Å². The fourth-order valence-electron chi connectivity index (χ4n) is 0.898. The third kappa shape index (κ3) is 5.60. The van der Waals surface area contributed by atoms with Crippen LogP contribution >= 0.6 is 0 Å². The minimum absolute atomic E-state index is 0.00463. The van der Waals surface area contributed by atoms with Gasteiger partial charge >= 0.3 is 5.97 Å². The molecule has 2 unspecified atom stereocenters. The Morgan fingerprint density at radius 3 is 2.40 bits per heavy atom. The van der Waals surface area contributed by atoms with E-state index in [-0.39, 0.29) is 12.1 Å². The predicted octanol–water partition coefficient (Wildman–Crippen LogP) is 1.80. The largest absolute Gasteiger partial charge is 0.463 e. The van der Waals surface area contributed by atoms with Gasteiger partial charge in [0, 0.05) is 6.92 Å². The minimum atomic E-state index is -0.215. The summed E-state index contributed by atoms with van der Waals surface area (Å²) in [6, 6.07) is 0. The predicted molar refractivity (Wildman–Crippen MR) is 40.4 cm³/mol. The normalized spacial score (nSPS) is 13.3. The molecule has 0 spiro atoms. The lowest BCUT2D eigenvalue weighted by molar-refractivity contribution is -0.145. The summed E-state index contributed by atoms with van der Waals surface area (Å²) in [7, 11) is 0. The third-order valence-electron chi connectivity index (χ3n) is 1.10. The average Bonchev–Trinajstić information content (AvgIpc) is 1.58. The molecule has 0 heterocycles. The standard InChI is InChI=1S/C8H15O2/c1-6(2)5-7(3)10-8(4)9/h6-7H,1,5H2,2-4H3. The Morgan fingerprint density at radius 2 is 2.10 bits per heavy atom. The van der Waals surface area contributed by atoms with Crippen molar-refractivity contribution in [3.05, 3.63) is 6.92 Å². The average molecular weight is 143 g/mol. The van der Waals surface area contributed by atoms with Crippen molar-refractivity contribution in [1.29, 1.82) is 0 Å². The molecule has 1 radical (unpaired) electrons. The highest BCUT2D eigenvalue weighted by atomic mass is 16.5. The highest BCUT2D eigenvalue weighted by molar-refractivity contribution is 5.66. The molecule has 2 atom stereocenters. The van der Waals surface area contributed by atoms with Crippen LogP contribution in [0.1, 0.15) is 27.2 Å². The molecule has 0 rings (SSSR count). The van der Waals surface area contributed by atoms with Gasteiger partial charge in [-0.15, -0.1) is 0 Å². The highest BCUT2D eigenvalue weighted by Gasteiger charge is 2.06. The van der Waals surface area contributed by atoms with Gasteiger partial charge in [0.25, 0.3) is 0 Å². The second kappa shape index (κ2) is 4.31. The van der Waals surface area contributed by atoms with Gasteiger partial charge in [-0.3, -0.25) is 4.79 Å². The van der Waals surface area contributed by atoms with Gasteiger partial charge in [0.15, 0.2) is 0 Å². The van der Waals surface area contributed by atoms with Crippen LogP contribution in [0.15, 0.2) is 0 Å². The van der Waals surface area contributed by atoms with Crippen molar-refractivity contribution in [2.75, 3.05) is 0 Å². The minimum Gasteiger partial charge on any atom is -0.463 e. The van der Waals surface area contributed by atoms with Crippen LogP contribution in [0.2, 0.25) is 0 Å². The smallest absolute Gasteiger partial charge is 0.302 e. The quantitative estimate of drug-likeness (QED) is 0.563. The zero-order valence-electron chi connectivity index (χ0n) is 6.89. The van der Waals surface area contributed by atoms with Gasteiger partial charge in [0.05, 0.1) is 6.10 Å². The van der Waals surface area contributed by atoms with Crippen LogP contribution in [0.25, 0.3) is 0 Å². The van der Waals surface area contributed by atoms with Crippen molar-refractivity contribution < 1.29 is 9.53 Å². The van der Waals surface area contributed by atoms with Crippen LogP contribution < -0.4 is 0 Å². The molecule has 0 aliphatic heterocycles. The Kier molecular flexibility index (Phi) is 4.08. The monoisotopic (exact) mass is 143 g/mol. The molecule has 0 amide bonds. The molecule has 0 fully saturated rings. The van der Waals surface area contributed by atoms with E-state index in [1.54, 1.807) is 0 Å². The SMILES string of the molecule is [CH2]C(C)CC(C)OC(C)=O. The van der Waals surface area contributed by atoms with E-state index in [1.807, 2.05) is 13.8 Å². The Bertz CT molecular complexity index is 108. The zero-order chi connectivity index (χ0) is 8.15. The molecule has 2 nitrogen and oxygen atoms in total. The first kappa shape index (κ1) is 9.47. The van der Waals surface area contributed by atoms with Crippen molar-refractivity contribution >= 4 is 5.97 Å². The maximum atomic E-state index is 10.4. The molecular weight excluding hydrogens is 128 g/mol. The number of carbonyl (C=O) groups excluding carboxylic acids is 1. The summed E-state index contributed by atoms with van der Waals surface area (Å²) in [4.78, 5) is 10.4. The number of rotatable bonds is 3. The van der Waals surface area contributed by atoms with Gasteiger partial charge < -0.3 is 4.74 Å². The fraction of sp³-hybridized carbons (Fsp3) is 0.750. The number of ether oxygens (including phenoxy) is 1. The molecule has 0 bridgehead atoms. The first-order chi connectivity index (χ1) is 4.52. The summed E-state index contributed by atoms with van der Waals surface area (Å²) in [5.41, 5.74) is 0. The Hall–Kier alpha value is -0.530. The molecule has 0 N–H and O–H groups in total. The molecule has 0 saturated heterocycles. The Labute approximate surface area is 62.6 Å². The first-order valence-electron chi connectivity index (χ1n) is 3.52. The molecule has 0 aliphatic rings. The van der Waals surface area contributed by atoms with Gasteiger partial charge in [0.1, 0.15) is 0 Å². The van der Waals surface area contributed by atoms with Crippen LogP contribution in [0.4, 0.5) is 0 Å². The number of carbonyl (C=O) groups is 1. The molecule has 0 aromatic rings. The molecule has 10 heavy (non-hydrogen) atoms. The van der Waals surface area contributed by atoms with Gasteiger partial charge in [-0.1, -0.05) is 13.8 Å². The number of esters is 1. The summed E-state index contributed by atoms with van der Waals surface area (Å²) in [5.74, 6) is 0.127. The summed E-state index contributed by atoms with van der Waals surface area (Å²) in [5, 5.41) is 0. The number of hydrogen-bond donors (Lipinski definition) is 0. The molecule has 2 heteroatoms. The van der Waals surface area contributed by atoms with E-state index in [0.717, 1.165) is 6.42 Å². The van der Waals surface area contributed by atoms with Crippen molar-refractivity contribution in [3.8, 4) is 0 Å². The molecule has 0 saturated carbocycles. The fourth-order valence-corrected chi connectivity index (χ4v) is 0.898. The van der Waals surface area contributed by atoms with Gasteiger partial charge in [-0.25, -0.2) is 0 Å². The van der Waals surface area contributed by atoms with Crippen LogP contribution in [0.5, 0.6) is 0 Å². The second-order valence-corrected chi connectivity index (χ2v) is 2.76. The van der Waals surface area contributed by atoms with E-state index in [9.17, 15) is 4.79 Å². The van der Waals surface area contributed by atoms with Crippen LogP contribution in [0.3, 0.4) is 0 Å². The molecule has 0 aliphatic carbocycles. The van der Waals surface area contributed by atoms with Crippen molar-refractivity contribution in [1.82, 2.24) is 0 Å². The van der Waals surface area contributed by atoms with Gasteiger partial charge in [-0.2, -0.15) is 0 Å². The Balaban J connectivity index is 3.43. The van der Waals surface area contributed by atoms with Crippen LogP contribution in [-0.2, 0) is 9.53 Å². The number of hydrogen-bond acceptors (Lipinski definition) is 2. The van der Waals surface area contributed by atoms with Crippen molar-refractivity contribution in [2.45, 2.75) is 33.3 Å². The maximum Gasteiger partial charge on any atom is 0.302 e. The third-order valence-corrected chi connectivity index (χ3v) is 1.10. The highest BCUT2D eigenvalue weighted by Crippen LogP contribution is 2.06. The van der Waals surface area contributed by atoms with Crippen molar-refractivity contribution in [3.63, 3.8) is 0 Å². The van der Waals surface area contributed by atoms with Crippen molar-refractivity contribution in [2.24, 2.45) is 5.92 Å². The lowest BCUT2D eigenvalue weighted by Gasteiger charge is -2.13. The molecule has 59 valence electrons. The zero-order valence-corrected chi connectivity index (χ0v) is 6.89. The lowest BCUT2D eigenvalue weighted by atomic mass is 10.1. The van der Waals surface area contributed by atoms with E-state index in [2.05, 4.69) is 6.92 Å². The van der Waals surface area contributed by atoms with E-state index >= 15 is 0 Å². The van der Waals surface area contributed by atoms with Gasteiger partial charge in [-0.05, 0) is 19.3 Å². The van der Waals surface area contributed by atoms with Crippen LogP contribution in [-0.4, -0.2) is 12.1 Å². The van der Waals surface area contributed by atoms with E-state index < -0.39 is 0 Å². The van der Waals surface area contributed by atoms with E-state index in [0.29, 0.717) is 5.92 Å². The molecule has 0 aromatic heterocycles. The lowest BCUT2D eigenvalue weighted by Crippen LogP contribution is -2.14. The summed E-state index contributed by atoms with van der Waals surface area (Å²) in [6.07, 6.45) is 0.838. The Morgan fingerprint density at radius 1 is 1.60 bits per heavy atom. The molecule has 0 aromatic carbocycles. The molecular formula is C8H15O2.